The van der Waals surface area contributed by atoms with Gasteiger partial charge >= 0.3 is 0 Å². The van der Waals surface area contributed by atoms with Crippen molar-refractivity contribution in [2.24, 2.45) is 11.8 Å². The molecule has 1 amide bonds. The topological polar surface area (TPSA) is 88.4 Å². The zero-order chi connectivity index (χ0) is 23.0. The van der Waals surface area contributed by atoms with Crippen LogP contribution in [0.4, 0.5) is 0 Å². The number of aliphatic hydroxyl groups excluding tert-OH is 1. The molecule has 0 saturated carbocycles. The second-order valence-electron chi connectivity index (χ2n) is 8.29. The first kappa shape index (κ1) is 25.1. The Hall–Kier alpha value is -2.12. The summed E-state index contributed by atoms with van der Waals surface area (Å²) >= 11 is 0. The van der Waals surface area contributed by atoms with Crippen LogP contribution in [0.25, 0.3) is 0 Å². The molecule has 1 aliphatic rings. The third kappa shape index (κ3) is 8.15. The summed E-state index contributed by atoms with van der Waals surface area (Å²) in [5, 5.41) is 10.3. The molecule has 6 nitrogen and oxygen atoms in total. The summed E-state index contributed by atoms with van der Waals surface area (Å²) in [5.74, 6) is 0.215. The van der Waals surface area contributed by atoms with E-state index in [-0.39, 0.29) is 12.3 Å². The highest BCUT2D eigenvalue weighted by Gasteiger charge is 2.26. The molecule has 0 radical (unpaired) electrons. The minimum absolute atomic E-state index is 0.122. The molecule has 0 fully saturated rings. The Kier molecular flexibility index (Phi) is 9.32. The molecule has 2 atom stereocenters. The van der Waals surface area contributed by atoms with Gasteiger partial charge in [0.15, 0.2) is 0 Å². The van der Waals surface area contributed by atoms with Crippen molar-refractivity contribution in [2.45, 2.75) is 65.5 Å². The van der Waals surface area contributed by atoms with Crippen LogP contribution in [0.1, 0.15) is 50.3 Å². The Morgan fingerprint density at radius 3 is 2.35 bits per heavy atom. The fraction of sp³-hybridized carbons (Fsp3) is 0.542. The van der Waals surface area contributed by atoms with Crippen LogP contribution in [0.5, 0.6) is 0 Å². The number of benzene rings is 1. The van der Waals surface area contributed by atoms with E-state index in [1.54, 1.807) is 0 Å². The van der Waals surface area contributed by atoms with Crippen LogP contribution in [-0.2, 0) is 40.6 Å². The van der Waals surface area contributed by atoms with Crippen LogP contribution in [0.3, 0.4) is 0 Å². The van der Waals surface area contributed by atoms with E-state index in [9.17, 15) is 18.3 Å². The first-order valence-corrected chi connectivity index (χ1v) is 13.0. The molecule has 0 spiro atoms. The number of aliphatic hydroxyl groups is 1. The average molecular weight is 449 g/mol. The molecule has 2 N–H and O–H groups in total. The number of aryl methyl sites for hydroxylation is 1. The van der Waals surface area contributed by atoms with Crippen molar-refractivity contribution in [2.75, 3.05) is 6.26 Å². The zero-order valence-electron chi connectivity index (χ0n) is 19.0. The van der Waals surface area contributed by atoms with Crippen molar-refractivity contribution >= 4 is 15.9 Å². The van der Waals surface area contributed by atoms with Gasteiger partial charge < -0.3 is 9.67 Å². The summed E-state index contributed by atoms with van der Waals surface area (Å²) in [7, 11) is -3.51. The van der Waals surface area contributed by atoms with E-state index < -0.39 is 22.0 Å². The lowest BCUT2D eigenvalue weighted by molar-refractivity contribution is -0.119. The van der Waals surface area contributed by atoms with Gasteiger partial charge in [0.25, 0.3) is 0 Å². The van der Waals surface area contributed by atoms with Gasteiger partial charge in [0, 0.05) is 31.3 Å². The number of hydrogen-bond donors (Lipinski definition) is 2. The fourth-order valence-electron chi connectivity index (χ4n) is 4.21. The van der Waals surface area contributed by atoms with Crippen molar-refractivity contribution in [3.8, 4) is 0 Å². The van der Waals surface area contributed by atoms with E-state index in [1.165, 1.54) is 11.1 Å². The number of rotatable bonds is 9. The lowest BCUT2D eigenvalue weighted by atomic mass is 9.89. The van der Waals surface area contributed by atoms with Gasteiger partial charge in [-0.15, -0.1) is 0 Å². The molecule has 1 aliphatic carbocycles. The predicted octanol–water partition coefficient (Wildman–Crippen LogP) is 3.32. The van der Waals surface area contributed by atoms with Crippen LogP contribution in [0, 0.1) is 11.8 Å². The van der Waals surface area contributed by atoms with Gasteiger partial charge in [0.2, 0.25) is 15.9 Å². The maximum absolute atomic E-state index is 11.7. The molecule has 172 valence electrons. The minimum Gasteiger partial charge on any atom is -0.393 e. The molecule has 1 heterocycles. The van der Waals surface area contributed by atoms with Gasteiger partial charge in [0.1, 0.15) is 0 Å². The number of sulfonamides is 1. The van der Waals surface area contributed by atoms with Crippen molar-refractivity contribution in [3.05, 3.63) is 59.4 Å². The summed E-state index contributed by atoms with van der Waals surface area (Å²) in [6.07, 6.45) is 8.23. The maximum atomic E-state index is 11.7. The second kappa shape index (κ2) is 11.5. The van der Waals surface area contributed by atoms with Gasteiger partial charge in [-0.05, 0) is 61.3 Å². The number of carbonyl (C=O) groups excluding carboxylic acids is 1. The SMILES string of the molecule is CC.C[C@@H](O)[C@@H](CC1Cc2ccccc2C1)Cn1ccc(CCC(=O)NS(C)(=O)=O)c1. The van der Waals surface area contributed by atoms with E-state index >= 15 is 0 Å². The first-order valence-electron chi connectivity index (χ1n) is 11.1. The molecule has 0 saturated heterocycles. The van der Waals surface area contributed by atoms with E-state index in [4.69, 9.17) is 0 Å². The summed E-state index contributed by atoms with van der Waals surface area (Å²) in [6, 6.07) is 10.5. The Morgan fingerprint density at radius 1 is 1.19 bits per heavy atom. The lowest BCUT2D eigenvalue weighted by Gasteiger charge is -2.24. The Bertz CT molecular complexity index is 925. The van der Waals surface area contributed by atoms with Gasteiger partial charge in [-0.3, -0.25) is 9.52 Å². The van der Waals surface area contributed by atoms with Crippen LogP contribution >= 0.6 is 0 Å². The van der Waals surface area contributed by atoms with Crippen molar-refractivity contribution in [1.82, 2.24) is 9.29 Å². The number of nitrogens with zero attached hydrogens (tertiary/aromatic N) is 1. The molecule has 0 bridgehead atoms. The fourth-order valence-corrected chi connectivity index (χ4v) is 4.72. The Morgan fingerprint density at radius 2 is 1.81 bits per heavy atom. The lowest BCUT2D eigenvalue weighted by Crippen LogP contribution is -2.29. The third-order valence-corrected chi connectivity index (χ3v) is 6.25. The highest BCUT2D eigenvalue weighted by atomic mass is 32.2. The van der Waals surface area contributed by atoms with Crippen molar-refractivity contribution < 1.29 is 18.3 Å². The molecule has 2 aromatic rings. The molecular weight excluding hydrogens is 412 g/mol. The van der Waals surface area contributed by atoms with Gasteiger partial charge in [-0.25, -0.2) is 8.42 Å². The van der Waals surface area contributed by atoms with E-state index in [2.05, 4.69) is 28.8 Å². The molecule has 0 aliphatic heterocycles. The highest BCUT2D eigenvalue weighted by Crippen LogP contribution is 2.32. The Labute approximate surface area is 186 Å². The number of carbonyl (C=O) groups is 1. The third-order valence-electron chi connectivity index (χ3n) is 5.65. The van der Waals surface area contributed by atoms with Gasteiger partial charge in [-0.1, -0.05) is 38.1 Å². The summed E-state index contributed by atoms with van der Waals surface area (Å²) < 4.78 is 26.2. The second-order valence-corrected chi connectivity index (χ2v) is 10.0. The number of hydrogen-bond acceptors (Lipinski definition) is 4. The molecule has 7 heteroatoms. The smallest absolute Gasteiger partial charge is 0.233 e. The molecule has 0 unspecified atom stereocenters. The van der Waals surface area contributed by atoms with Crippen molar-refractivity contribution in [1.29, 1.82) is 0 Å². The van der Waals surface area contributed by atoms with Crippen LogP contribution < -0.4 is 4.72 Å². The average Bonchev–Trinajstić information content (AvgIpc) is 3.32. The van der Waals surface area contributed by atoms with Crippen LogP contribution in [-0.4, -0.2) is 36.4 Å². The predicted molar refractivity (Wildman–Crippen MR) is 124 cm³/mol. The van der Waals surface area contributed by atoms with E-state index in [1.807, 2.05) is 44.0 Å². The van der Waals surface area contributed by atoms with Crippen molar-refractivity contribution in [3.63, 3.8) is 0 Å². The zero-order valence-corrected chi connectivity index (χ0v) is 19.9. The Balaban J connectivity index is 0.00000166. The molecule has 1 aromatic heterocycles. The van der Waals surface area contributed by atoms with E-state index in [0.29, 0.717) is 12.3 Å². The normalized spacial score (nSPS) is 15.5. The highest BCUT2D eigenvalue weighted by molar-refractivity contribution is 7.89. The van der Waals surface area contributed by atoms with Gasteiger partial charge in [0.05, 0.1) is 12.4 Å². The summed E-state index contributed by atoms with van der Waals surface area (Å²) in [6.45, 7) is 6.58. The molecule has 31 heavy (non-hydrogen) atoms. The number of amides is 1. The minimum atomic E-state index is -3.51. The number of fused-ring (bicyclic) bond motifs is 1. The van der Waals surface area contributed by atoms with Gasteiger partial charge in [-0.2, -0.15) is 0 Å². The van der Waals surface area contributed by atoms with E-state index in [0.717, 1.165) is 37.6 Å². The standard InChI is InChI=1S/C22H30N2O4S.C2H6/c1-16(25)21(13-18-11-19-5-3-4-6-20(19)12-18)15-24-10-9-17(14-24)7-8-22(26)23-29(2,27)28;1-2/h3-6,9-10,14,16,18,21,25H,7-8,11-13,15H2,1-2H3,(H,23,26);1-2H3/t16-,21+;/m1./s1. The first-order chi connectivity index (χ1) is 14.7. The largest absolute Gasteiger partial charge is 0.393 e. The van der Waals surface area contributed by atoms with Crippen LogP contribution in [0.2, 0.25) is 0 Å². The maximum Gasteiger partial charge on any atom is 0.233 e. The summed E-state index contributed by atoms with van der Waals surface area (Å²) in [5.41, 5.74) is 3.83. The van der Waals surface area contributed by atoms with Crippen LogP contribution in [0.15, 0.2) is 42.7 Å². The number of aromatic nitrogens is 1. The quantitative estimate of drug-likeness (QED) is 0.616. The molecule has 3 rings (SSSR count). The molecular formula is C24H36N2O4S. The monoisotopic (exact) mass is 448 g/mol. The number of nitrogens with one attached hydrogen (secondary N) is 1. The molecule has 1 aromatic carbocycles. The summed E-state index contributed by atoms with van der Waals surface area (Å²) in [4.78, 5) is 11.7.